The maximum atomic E-state index is 11.5. The molecule has 0 unspecified atom stereocenters. The van der Waals surface area contributed by atoms with Gasteiger partial charge in [-0.1, -0.05) is 41.6 Å². The Morgan fingerprint density at radius 1 is 1.17 bits per heavy atom. The molecule has 2 aliphatic heterocycles. The topological polar surface area (TPSA) is 32.8 Å². The molecule has 0 spiro atoms. The van der Waals surface area contributed by atoms with Crippen LogP contribution in [0.25, 0.3) is 0 Å². The Labute approximate surface area is 192 Å². The summed E-state index contributed by atoms with van der Waals surface area (Å²) in [6.07, 6.45) is 2.89. The van der Waals surface area contributed by atoms with E-state index in [0.717, 1.165) is 44.2 Å². The van der Waals surface area contributed by atoms with Crippen molar-refractivity contribution >= 4 is 41.1 Å². The molecule has 0 saturated carbocycles. The van der Waals surface area contributed by atoms with Gasteiger partial charge in [-0.05, 0) is 48.1 Å². The first-order valence-electron chi connectivity index (χ1n) is 10.3. The maximum absolute atomic E-state index is 11.5. The van der Waals surface area contributed by atoms with Crippen LogP contribution in [0.3, 0.4) is 0 Å². The number of halogens is 1. The summed E-state index contributed by atoms with van der Waals surface area (Å²) in [5.41, 5.74) is 2.74. The highest BCUT2D eigenvalue weighted by atomic mass is 35.5. The first-order valence-corrected chi connectivity index (χ1v) is 12.9. The lowest BCUT2D eigenvalue weighted by molar-refractivity contribution is -0.140. The number of ether oxygens (including phenoxy) is 1. The Morgan fingerprint density at radius 2 is 1.97 bits per heavy atom. The van der Waals surface area contributed by atoms with Gasteiger partial charge in [0.25, 0.3) is 0 Å². The molecule has 2 aliphatic rings. The Balaban J connectivity index is 1.42. The average molecular weight is 463 g/mol. The summed E-state index contributed by atoms with van der Waals surface area (Å²) in [6, 6.07) is 15.4. The Kier molecular flexibility index (Phi) is 7.65. The minimum absolute atomic E-state index is 0.119. The summed E-state index contributed by atoms with van der Waals surface area (Å²) in [7, 11) is 0. The molecule has 30 heavy (non-hydrogen) atoms. The van der Waals surface area contributed by atoms with Crippen molar-refractivity contribution in [3.05, 3.63) is 58.6 Å². The second-order valence-corrected chi connectivity index (χ2v) is 10.0. The highest BCUT2D eigenvalue weighted by Gasteiger charge is 2.29. The monoisotopic (exact) mass is 462 g/mol. The molecule has 1 fully saturated rings. The third-order valence-corrected chi connectivity index (χ3v) is 7.68. The molecule has 4 nitrogen and oxygen atoms in total. The van der Waals surface area contributed by atoms with Crippen molar-refractivity contribution in [2.45, 2.75) is 22.3 Å². The summed E-state index contributed by atoms with van der Waals surface area (Å²) in [6.45, 7) is 5.30. The SMILES string of the molecule is CSCC(=O)OCCN1CCN([C@H]2Cc3cc(Cl)ccc3Sc3ccccc32)CC1. The number of carbonyl (C=O) groups excluding carboxylic acids is 1. The van der Waals surface area contributed by atoms with Crippen LogP contribution in [0.2, 0.25) is 5.02 Å². The second-order valence-electron chi connectivity index (χ2n) is 7.64. The van der Waals surface area contributed by atoms with Gasteiger partial charge in [-0.25, -0.2) is 0 Å². The molecular formula is C23H27ClN2O2S2. The molecule has 0 amide bonds. The number of hydrogen-bond donors (Lipinski definition) is 0. The van der Waals surface area contributed by atoms with Crippen molar-refractivity contribution in [3.63, 3.8) is 0 Å². The number of carbonyl (C=O) groups is 1. The molecule has 1 saturated heterocycles. The summed E-state index contributed by atoms with van der Waals surface area (Å²) >= 11 is 9.67. The lowest BCUT2D eigenvalue weighted by Crippen LogP contribution is -2.48. The van der Waals surface area contributed by atoms with E-state index in [1.54, 1.807) is 0 Å². The van der Waals surface area contributed by atoms with E-state index in [9.17, 15) is 4.79 Å². The lowest BCUT2D eigenvalue weighted by Gasteiger charge is -2.39. The fourth-order valence-electron chi connectivity index (χ4n) is 4.17. The van der Waals surface area contributed by atoms with Crippen molar-refractivity contribution in [2.75, 3.05) is 51.3 Å². The Bertz CT molecular complexity index is 887. The third kappa shape index (κ3) is 5.35. The van der Waals surface area contributed by atoms with E-state index < -0.39 is 0 Å². The van der Waals surface area contributed by atoms with Gasteiger partial charge in [0.05, 0.1) is 5.75 Å². The third-order valence-electron chi connectivity index (χ3n) is 5.71. The van der Waals surface area contributed by atoms with Crippen LogP contribution in [0.4, 0.5) is 0 Å². The van der Waals surface area contributed by atoms with E-state index in [1.807, 2.05) is 24.1 Å². The van der Waals surface area contributed by atoms with Crippen molar-refractivity contribution in [1.82, 2.24) is 9.80 Å². The van der Waals surface area contributed by atoms with Crippen molar-refractivity contribution in [3.8, 4) is 0 Å². The molecular weight excluding hydrogens is 436 g/mol. The quantitative estimate of drug-likeness (QED) is 0.583. The molecule has 2 aromatic carbocycles. The molecule has 1 atom stereocenters. The van der Waals surface area contributed by atoms with Gasteiger partial charge < -0.3 is 4.74 Å². The van der Waals surface area contributed by atoms with E-state index in [0.29, 0.717) is 18.4 Å². The highest BCUT2D eigenvalue weighted by molar-refractivity contribution is 7.99. The molecule has 7 heteroatoms. The molecule has 0 N–H and O–H groups in total. The van der Waals surface area contributed by atoms with Gasteiger partial charge >= 0.3 is 5.97 Å². The zero-order valence-corrected chi connectivity index (χ0v) is 19.6. The highest BCUT2D eigenvalue weighted by Crippen LogP contribution is 2.43. The van der Waals surface area contributed by atoms with Gasteiger partial charge in [0.2, 0.25) is 0 Å². The van der Waals surface area contributed by atoms with Crippen LogP contribution >= 0.6 is 35.1 Å². The summed E-state index contributed by atoms with van der Waals surface area (Å²) in [5.74, 6) is 0.310. The van der Waals surface area contributed by atoms with Crippen molar-refractivity contribution < 1.29 is 9.53 Å². The van der Waals surface area contributed by atoms with E-state index in [4.69, 9.17) is 16.3 Å². The predicted molar refractivity (Wildman–Crippen MR) is 126 cm³/mol. The van der Waals surface area contributed by atoms with Gasteiger partial charge in [0.15, 0.2) is 0 Å². The van der Waals surface area contributed by atoms with Crippen LogP contribution in [0.5, 0.6) is 0 Å². The molecule has 4 rings (SSSR count). The summed E-state index contributed by atoms with van der Waals surface area (Å²) in [5, 5.41) is 0.805. The van der Waals surface area contributed by atoms with Gasteiger partial charge in [0.1, 0.15) is 6.61 Å². The second kappa shape index (κ2) is 10.4. The molecule has 0 bridgehead atoms. The fraction of sp³-hybridized carbons (Fsp3) is 0.435. The number of rotatable bonds is 6. The number of esters is 1. The summed E-state index contributed by atoms with van der Waals surface area (Å²) in [4.78, 5) is 19.2. The number of hydrogen-bond acceptors (Lipinski definition) is 6. The molecule has 0 aromatic heterocycles. The molecule has 0 radical (unpaired) electrons. The van der Waals surface area contributed by atoms with Crippen LogP contribution in [-0.4, -0.2) is 67.1 Å². The molecule has 160 valence electrons. The van der Waals surface area contributed by atoms with Crippen LogP contribution in [-0.2, 0) is 16.0 Å². The predicted octanol–water partition coefficient (Wildman–Crippen LogP) is 4.61. The largest absolute Gasteiger partial charge is 0.464 e. The Morgan fingerprint density at radius 3 is 2.77 bits per heavy atom. The number of piperazine rings is 1. The normalized spacial score (nSPS) is 19.6. The van der Waals surface area contributed by atoms with Crippen LogP contribution in [0.15, 0.2) is 52.3 Å². The number of fused-ring (bicyclic) bond motifs is 2. The smallest absolute Gasteiger partial charge is 0.315 e. The van der Waals surface area contributed by atoms with Gasteiger partial charge in [0, 0.05) is 53.6 Å². The van der Waals surface area contributed by atoms with E-state index >= 15 is 0 Å². The van der Waals surface area contributed by atoms with E-state index in [-0.39, 0.29) is 5.97 Å². The first kappa shape index (κ1) is 22.0. The fourth-order valence-corrected chi connectivity index (χ4v) is 5.79. The van der Waals surface area contributed by atoms with E-state index in [2.05, 4.69) is 46.2 Å². The zero-order valence-electron chi connectivity index (χ0n) is 17.2. The zero-order chi connectivity index (χ0) is 20.9. The van der Waals surface area contributed by atoms with Crippen molar-refractivity contribution in [1.29, 1.82) is 0 Å². The molecule has 0 aliphatic carbocycles. The maximum Gasteiger partial charge on any atom is 0.315 e. The minimum atomic E-state index is -0.119. The lowest BCUT2D eigenvalue weighted by atomic mass is 9.96. The number of thioether (sulfide) groups is 1. The van der Waals surface area contributed by atoms with Crippen LogP contribution in [0, 0.1) is 0 Å². The number of nitrogens with zero attached hydrogens (tertiary/aromatic N) is 2. The van der Waals surface area contributed by atoms with Gasteiger partial charge in [-0.2, -0.15) is 11.8 Å². The standard InChI is InChI=1S/C23H27ClN2O2S2/c1-29-16-23(27)28-13-12-25-8-10-26(11-9-25)20-15-17-14-18(24)6-7-21(17)30-22-5-3-2-4-19(20)22/h2-7,14,20H,8-13,15-16H2,1H3/t20-/m0/s1. The van der Waals surface area contributed by atoms with Gasteiger partial charge in [-0.15, -0.1) is 0 Å². The minimum Gasteiger partial charge on any atom is -0.464 e. The van der Waals surface area contributed by atoms with Crippen molar-refractivity contribution in [2.24, 2.45) is 0 Å². The summed E-state index contributed by atoms with van der Waals surface area (Å²) < 4.78 is 5.31. The first-order chi connectivity index (χ1) is 14.6. The van der Waals surface area contributed by atoms with Crippen LogP contribution < -0.4 is 0 Å². The average Bonchev–Trinajstić information content (AvgIpc) is 2.91. The number of benzene rings is 2. The molecule has 2 aromatic rings. The molecule has 2 heterocycles. The van der Waals surface area contributed by atoms with Crippen LogP contribution in [0.1, 0.15) is 17.2 Å². The Hall–Kier alpha value is -1.18. The van der Waals surface area contributed by atoms with E-state index in [1.165, 1.54) is 32.7 Å². The van der Waals surface area contributed by atoms with Gasteiger partial charge in [-0.3, -0.25) is 14.6 Å².